The van der Waals surface area contributed by atoms with Crippen molar-refractivity contribution >= 4 is 27.5 Å². The van der Waals surface area contributed by atoms with E-state index >= 15 is 0 Å². The van der Waals surface area contributed by atoms with Gasteiger partial charge in [-0.05, 0) is 18.8 Å². The summed E-state index contributed by atoms with van der Waals surface area (Å²) in [4.78, 5) is 11.6. The number of halogens is 1. The molecule has 0 aromatic carbocycles. The number of carbonyl (C=O) groups is 1. The van der Waals surface area contributed by atoms with Crippen LogP contribution in [0.5, 0.6) is 0 Å². The average molecular weight is 268 g/mol. The van der Waals surface area contributed by atoms with Crippen molar-refractivity contribution in [2.45, 2.75) is 32.6 Å². The lowest BCUT2D eigenvalue weighted by atomic mass is 10.0. The molecule has 6 heteroatoms. The number of amides is 1. The lowest BCUT2D eigenvalue weighted by Gasteiger charge is -2.16. The fraction of sp³-hybridized carbons (Fsp3) is 0.900. The molecule has 0 saturated carbocycles. The summed E-state index contributed by atoms with van der Waals surface area (Å²) >= 11 is 5.46. The number of nitrogens with zero attached hydrogens (tertiary/aromatic N) is 1. The van der Waals surface area contributed by atoms with Crippen molar-refractivity contribution in [3.8, 4) is 0 Å². The summed E-state index contributed by atoms with van der Waals surface area (Å²) in [6.45, 7) is 2.40. The van der Waals surface area contributed by atoms with Gasteiger partial charge < -0.3 is 0 Å². The smallest absolute Gasteiger partial charge is 0.237 e. The van der Waals surface area contributed by atoms with Crippen LogP contribution in [0.25, 0.3) is 0 Å². The summed E-state index contributed by atoms with van der Waals surface area (Å²) in [6.07, 6.45) is 2.65. The number of sulfonamides is 1. The molecule has 94 valence electrons. The van der Waals surface area contributed by atoms with Crippen LogP contribution in [0.3, 0.4) is 0 Å². The topological polar surface area (TPSA) is 54.5 Å². The number of hydrogen-bond acceptors (Lipinski definition) is 3. The molecule has 1 aliphatic rings. The second-order valence-corrected chi connectivity index (χ2v) is 6.53. The van der Waals surface area contributed by atoms with Crippen molar-refractivity contribution < 1.29 is 13.2 Å². The van der Waals surface area contributed by atoms with Gasteiger partial charge in [-0.3, -0.25) is 4.79 Å². The maximum atomic E-state index is 11.8. The molecule has 0 N–H and O–H groups in total. The summed E-state index contributed by atoms with van der Waals surface area (Å²) in [6, 6.07) is 0. The maximum Gasteiger partial charge on any atom is 0.237 e. The quantitative estimate of drug-likeness (QED) is 0.687. The Balaban J connectivity index is 2.63. The predicted octanol–water partition coefficient (Wildman–Crippen LogP) is 1.59. The molecule has 1 atom stereocenters. The van der Waals surface area contributed by atoms with Crippen LogP contribution in [0.1, 0.15) is 32.6 Å². The summed E-state index contributed by atoms with van der Waals surface area (Å²) < 4.78 is 24.6. The molecule has 0 spiro atoms. The molecule has 1 fully saturated rings. The van der Waals surface area contributed by atoms with Crippen molar-refractivity contribution in [2.75, 3.05) is 18.2 Å². The zero-order valence-electron chi connectivity index (χ0n) is 9.49. The second-order valence-electron chi connectivity index (χ2n) is 4.14. The highest BCUT2D eigenvalue weighted by molar-refractivity contribution is 7.89. The Labute approximate surface area is 102 Å². The van der Waals surface area contributed by atoms with Gasteiger partial charge in [-0.1, -0.05) is 13.3 Å². The predicted molar refractivity (Wildman–Crippen MR) is 63.9 cm³/mol. The summed E-state index contributed by atoms with van der Waals surface area (Å²) in [5.41, 5.74) is 0. The molecule has 1 unspecified atom stereocenters. The van der Waals surface area contributed by atoms with Gasteiger partial charge in [0.15, 0.2) is 0 Å². The zero-order chi connectivity index (χ0) is 12.2. The molecular weight excluding hydrogens is 250 g/mol. The molecule has 1 heterocycles. The number of carbonyl (C=O) groups excluding carboxylic acids is 1. The van der Waals surface area contributed by atoms with Gasteiger partial charge >= 0.3 is 0 Å². The summed E-state index contributed by atoms with van der Waals surface area (Å²) in [7, 11) is -3.42. The Morgan fingerprint density at radius 1 is 1.50 bits per heavy atom. The highest BCUT2D eigenvalue weighted by atomic mass is 35.5. The first kappa shape index (κ1) is 13.8. The maximum absolute atomic E-state index is 11.8. The SMILES string of the molecule is CCCC1CC(=O)N(S(=O)(=O)CCCCl)C1. The molecule has 0 aromatic heterocycles. The van der Waals surface area contributed by atoms with Gasteiger partial charge in [0.25, 0.3) is 0 Å². The number of rotatable bonds is 6. The van der Waals surface area contributed by atoms with Crippen LogP contribution in [-0.2, 0) is 14.8 Å². The van der Waals surface area contributed by atoms with Gasteiger partial charge in [-0.2, -0.15) is 0 Å². The minimum absolute atomic E-state index is 0.0267. The Morgan fingerprint density at radius 2 is 2.19 bits per heavy atom. The van der Waals surface area contributed by atoms with Crippen LogP contribution < -0.4 is 0 Å². The first-order chi connectivity index (χ1) is 7.51. The van der Waals surface area contributed by atoms with Gasteiger partial charge in [0.2, 0.25) is 15.9 Å². The molecule has 0 bridgehead atoms. The van der Waals surface area contributed by atoms with Crippen molar-refractivity contribution in [2.24, 2.45) is 5.92 Å². The standard InChI is InChI=1S/C10H18ClNO3S/c1-2-4-9-7-10(13)12(8-9)16(14,15)6-3-5-11/h9H,2-8H2,1H3. The molecule has 16 heavy (non-hydrogen) atoms. The van der Waals surface area contributed by atoms with E-state index in [1.54, 1.807) is 0 Å². The molecule has 0 aromatic rings. The van der Waals surface area contributed by atoms with E-state index in [9.17, 15) is 13.2 Å². The third-order valence-corrected chi connectivity index (χ3v) is 4.83. The molecule has 0 aliphatic carbocycles. The van der Waals surface area contributed by atoms with Crippen LogP contribution in [0.4, 0.5) is 0 Å². The molecule has 1 amide bonds. The lowest BCUT2D eigenvalue weighted by molar-refractivity contribution is -0.123. The normalized spacial score (nSPS) is 21.8. The Bertz CT molecular complexity index is 342. The lowest BCUT2D eigenvalue weighted by Crippen LogP contribution is -2.34. The minimum Gasteiger partial charge on any atom is -0.274 e. The summed E-state index contributed by atoms with van der Waals surface area (Å²) in [5.74, 6) is 0.220. The van der Waals surface area contributed by atoms with Crippen LogP contribution in [0, 0.1) is 5.92 Å². The number of alkyl halides is 1. The molecule has 0 radical (unpaired) electrons. The number of hydrogen-bond donors (Lipinski definition) is 0. The van der Waals surface area contributed by atoms with Gasteiger partial charge in [0.05, 0.1) is 5.75 Å². The van der Waals surface area contributed by atoms with Gasteiger partial charge in [-0.25, -0.2) is 12.7 Å². The van der Waals surface area contributed by atoms with E-state index in [-0.39, 0.29) is 17.6 Å². The average Bonchev–Trinajstić information content (AvgIpc) is 2.58. The van der Waals surface area contributed by atoms with E-state index in [0.29, 0.717) is 25.3 Å². The van der Waals surface area contributed by atoms with Crippen LogP contribution >= 0.6 is 11.6 Å². The van der Waals surface area contributed by atoms with Gasteiger partial charge in [0, 0.05) is 18.8 Å². The van der Waals surface area contributed by atoms with Crippen molar-refractivity contribution in [1.82, 2.24) is 4.31 Å². The Hall–Kier alpha value is -0.290. The van der Waals surface area contributed by atoms with E-state index in [0.717, 1.165) is 17.1 Å². The van der Waals surface area contributed by atoms with E-state index in [1.807, 2.05) is 6.92 Å². The fourth-order valence-electron chi connectivity index (χ4n) is 1.97. The fourth-order valence-corrected chi connectivity index (χ4v) is 3.81. The van der Waals surface area contributed by atoms with E-state index in [4.69, 9.17) is 11.6 Å². The van der Waals surface area contributed by atoms with Gasteiger partial charge in [-0.15, -0.1) is 11.6 Å². The van der Waals surface area contributed by atoms with Crippen molar-refractivity contribution in [3.63, 3.8) is 0 Å². The van der Waals surface area contributed by atoms with Crippen molar-refractivity contribution in [1.29, 1.82) is 0 Å². The van der Waals surface area contributed by atoms with Gasteiger partial charge in [0.1, 0.15) is 0 Å². The molecular formula is C10H18ClNO3S. The van der Waals surface area contributed by atoms with Crippen LogP contribution in [0.15, 0.2) is 0 Å². The monoisotopic (exact) mass is 267 g/mol. The molecule has 4 nitrogen and oxygen atoms in total. The van der Waals surface area contributed by atoms with E-state index in [2.05, 4.69) is 0 Å². The third-order valence-electron chi connectivity index (χ3n) is 2.73. The summed E-state index contributed by atoms with van der Waals surface area (Å²) in [5, 5.41) is 0. The highest BCUT2D eigenvalue weighted by Gasteiger charge is 2.36. The minimum atomic E-state index is -3.42. The largest absolute Gasteiger partial charge is 0.274 e. The Morgan fingerprint density at radius 3 is 2.75 bits per heavy atom. The Kier molecular flexibility index (Phi) is 5.05. The van der Waals surface area contributed by atoms with E-state index < -0.39 is 10.0 Å². The zero-order valence-corrected chi connectivity index (χ0v) is 11.1. The van der Waals surface area contributed by atoms with E-state index in [1.165, 1.54) is 0 Å². The van der Waals surface area contributed by atoms with Crippen LogP contribution in [0.2, 0.25) is 0 Å². The first-order valence-corrected chi connectivity index (χ1v) is 7.74. The molecule has 1 saturated heterocycles. The highest BCUT2D eigenvalue weighted by Crippen LogP contribution is 2.25. The molecule has 1 rings (SSSR count). The first-order valence-electron chi connectivity index (χ1n) is 5.60. The molecule has 1 aliphatic heterocycles. The van der Waals surface area contributed by atoms with Crippen molar-refractivity contribution in [3.05, 3.63) is 0 Å². The second kappa shape index (κ2) is 5.87. The van der Waals surface area contributed by atoms with Crippen LogP contribution in [-0.4, -0.2) is 36.8 Å². The third kappa shape index (κ3) is 3.35.